The zero-order chi connectivity index (χ0) is 13.1. The Balaban J connectivity index is 2.21. The third-order valence-corrected chi connectivity index (χ3v) is 3.62. The van der Waals surface area contributed by atoms with Crippen molar-refractivity contribution in [1.82, 2.24) is 14.3 Å². The van der Waals surface area contributed by atoms with Crippen LogP contribution in [-0.2, 0) is 6.54 Å². The number of nitrogens with zero attached hydrogens (tertiary/aromatic N) is 3. The highest BCUT2D eigenvalue weighted by atomic mass is 127. The quantitative estimate of drug-likeness (QED) is 0.790. The molecule has 0 fully saturated rings. The van der Waals surface area contributed by atoms with Gasteiger partial charge in [0.1, 0.15) is 0 Å². The van der Waals surface area contributed by atoms with Gasteiger partial charge in [-0.15, -0.1) is 0 Å². The van der Waals surface area contributed by atoms with Gasteiger partial charge in [-0.3, -0.25) is 9.48 Å². The van der Waals surface area contributed by atoms with Crippen LogP contribution in [0, 0.1) is 3.57 Å². The molecular weight excluding hydrogens is 341 g/mol. The fourth-order valence-corrected chi connectivity index (χ4v) is 2.21. The van der Waals surface area contributed by atoms with Crippen LogP contribution in [0.3, 0.4) is 0 Å². The van der Waals surface area contributed by atoms with Crippen molar-refractivity contribution in [3.63, 3.8) is 0 Å². The summed E-state index contributed by atoms with van der Waals surface area (Å²) in [5, 5.41) is 4.50. The molecule has 0 aliphatic heterocycles. The SMILES string of the molecule is CCC(C)n1ccc(Cn2cc(I)ccc2=O)n1. The molecule has 0 saturated heterocycles. The van der Waals surface area contributed by atoms with E-state index in [1.165, 1.54) is 0 Å². The Morgan fingerprint density at radius 1 is 1.39 bits per heavy atom. The Kier molecular flexibility index (Phi) is 4.21. The van der Waals surface area contributed by atoms with E-state index in [9.17, 15) is 4.79 Å². The van der Waals surface area contributed by atoms with Crippen LogP contribution in [0.5, 0.6) is 0 Å². The molecule has 1 unspecified atom stereocenters. The van der Waals surface area contributed by atoms with Crippen LogP contribution in [0.15, 0.2) is 35.4 Å². The fourth-order valence-electron chi connectivity index (χ4n) is 1.69. The molecule has 0 aliphatic rings. The molecular formula is C13H16IN3O. The van der Waals surface area contributed by atoms with E-state index < -0.39 is 0 Å². The predicted molar refractivity (Wildman–Crippen MR) is 79.8 cm³/mol. The number of hydrogen-bond donors (Lipinski definition) is 0. The van der Waals surface area contributed by atoms with Crippen LogP contribution in [0.2, 0.25) is 0 Å². The van der Waals surface area contributed by atoms with Crippen LogP contribution in [0.1, 0.15) is 32.0 Å². The normalized spacial score (nSPS) is 12.6. The van der Waals surface area contributed by atoms with E-state index >= 15 is 0 Å². The van der Waals surface area contributed by atoms with Crippen molar-refractivity contribution in [3.05, 3.63) is 50.2 Å². The molecule has 4 nitrogen and oxygen atoms in total. The Morgan fingerprint density at radius 3 is 2.89 bits per heavy atom. The minimum atomic E-state index is 0.00788. The highest BCUT2D eigenvalue weighted by Gasteiger charge is 2.06. The molecule has 0 saturated carbocycles. The van der Waals surface area contributed by atoms with E-state index in [1.807, 2.05) is 29.2 Å². The summed E-state index contributed by atoms with van der Waals surface area (Å²) in [6.45, 7) is 4.80. The van der Waals surface area contributed by atoms with Gasteiger partial charge in [0.15, 0.2) is 0 Å². The molecule has 96 valence electrons. The third kappa shape index (κ3) is 3.01. The first-order chi connectivity index (χ1) is 8.60. The predicted octanol–water partition coefficient (Wildman–Crippen LogP) is 2.67. The van der Waals surface area contributed by atoms with Gasteiger partial charge in [-0.1, -0.05) is 6.92 Å². The van der Waals surface area contributed by atoms with Gasteiger partial charge in [0.2, 0.25) is 0 Å². The largest absolute Gasteiger partial charge is 0.308 e. The summed E-state index contributed by atoms with van der Waals surface area (Å²) in [5.74, 6) is 0. The molecule has 2 aromatic heterocycles. The van der Waals surface area contributed by atoms with Crippen LogP contribution in [0.25, 0.3) is 0 Å². The Morgan fingerprint density at radius 2 is 2.17 bits per heavy atom. The summed E-state index contributed by atoms with van der Waals surface area (Å²) in [6, 6.07) is 5.77. The summed E-state index contributed by atoms with van der Waals surface area (Å²) in [5.41, 5.74) is 0.924. The first kappa shape index (κ1) is 13.3. The Labute approximate surface area is 120 Å². The van der Waals surface area contributed by atoms with E-state index in [2.05, 4.69) is 41.5 Å². The highest BCUT2D eigenvalue weighted by molar-refractivity contribution is 14.1. The molecule has 0 spiro atoms. The van der Waals surface area contributed by atoms with Gasteiger partial charge in [-0.25, -0.2) is 0 Å². The van der Waals surface area contributed by atoms with Crippen LogP contribution in [0.4, 0.5) is 0 Å². The van der Waals surface area contributed by atoms with E-state index in [-0.39, 0.29) is 5.56 Å². The van der Waals surface area contributed by atoms with E-state index in [0.717, 1.165) is 15.7 Å². The van der Waals surface area contributed by atoms with Crippen LogP contribution < -0.4 is 5.56 Å². The molecule has 0 N–H and O–H groups in total. The van der Waals surface area contributed by atoms with E-state index in [0.29, 0.717) is 12.6 Å². The Hall–Kier alpha value is -1.11. The maximum atomic E-state index is 11.7. The van der Waals surface area contributed by atoms with Crippen molar-refractivity contribution in [2.45, 2.75) is 32.9 Å². The topological polar surface area (TPSA) is 39.8 Å². The van der Waals surface area contributed by atoms with Crippen molar-refractivity contribution >= 4 is 22.6 Å². The van der Waals surface area contributed by atoms with Gasteiger partial charge in [-0.05, 0) is 48.1 Å². The fraction of sp³-hybridized carbons (Fsp3) is 0.385. The molecule has 0 aliphatic carbocycles. The minimum absolute atomic E-state index is 0.00788. The Bertz CT molecular complexity index is 588. The van der Waals surface area contributed by atoms with Gasteiger partial charge in [0.05, 0.1) is 12.2 Å². The highest BCUT2D eigenvalue weighted by Crippen LogP contribution is 2.10. The van der Waals surface area contributed by atoms with Crippen molar-refractivity contribution in [2.24, 2.45) is 0 Å². The van der Waals surface area contributed by atoms with Crippen molar-refractivity contribution in [3.8, 4) is 0 Å². The second kappa shape index (κ2) is 5.69. The summed E-state index contributed by atoms with van der Waals surface area (Å²) in [4.78, 5) is 11.7. The van der Waals surface area contributed by atoms with Gasteiger partial charge >= 0.3 is 0 Å². The lowest BCUT2D eigenvalue weighted by Crippen LogP contribution is -2.19. The molecule has 0 amide bonds. The summed E-state index contributed by atoms with van der Waals surface area (Å²) < 4.78 is 4.69. The third-order valence-electron chi connectivity index (χ3n) is 2.99. The van der Waals surface area contributed by atoms with Crippen molar-refractivity contribution in [1.29, 1.82) is 0 Å². The van der Waals surface area contributed by atoms with E-state index in [4.69, 9.17) is 0 Å². The molecule has 18 heavy (non-hydrogen) atoms. The average molecular weight is 357 g/mol. The second-order valence-corrected chi connectivity index (χ2v) is 5.60. The lowest BCUT2D eigenvalue weighted by Gasteiger charge is -2.08. The monoisotopic (exact) mass is 357 g/mol. The lowest BCUT2D eigenvalue weighted by atomic mass is 10.3. The first-order valence-electron chi connectivity index (χ1n) is 6.00. The maximum Gasteiger partial charge on any atom is 0.250 e. The van der Waals surface area contributed by atoms with Gasteiger partial charge in [0, 0.05) is 28.1 Å². The summed E-state index contributed by atoms with van der Waals surface area (Å²) in [6.07, 6.45) is 4.87. The molecule has 1 atom stereocenters. The number of hydrogen-bond acceptors (Lipinski definition) is 2. The van der Waals surface area contributed by atoms with Gasteiger partial charge in [0.25, 0.3) is 5.56 Å². The number of halogens is 1. The van der Waals surface area contributed by atoms with Crippen molar-refractivity contribution < 1.29 is 0 Å². The van der Waals surface area contributed by atoms with Gasteiger partial charge < -0.3 is 4.57 Å². The standard InChI is InChI=1S/C13H16IN3O/c1-3-10(2)17-7-6-12(15-17)9-16-8-11(14)4-5-13(16)18/h4-8,10H,3,9H2,1-2H3. The smallest absolute Gasteiger partial charge is 0.250 e. The number of aromatic nitrogens is 3. The zero-order valence-electron chi connectivity index (χ0n) is 10.5. The van der Waals surface area contributed by atoms with E-state index in [1.54, 1.807) is 10.6 Å². The second-order valence-electron chi connectivity index (χ2n) is 4.36. The molecule has 2 aromatic rings. The number of pyridine rings is 1. The average Bonchev–Trinajstić information content (AvgIpc) is 2.81. The van der Waals surface area contributed by atoms with Crippen molar-refractivity contribution in [2.75, 3.05) is 0 Å². The van der Waals surface area contributed by atoms with Crippen LogP contribution >= 0.6 is 22.6 Å². The lowest BCUT2D eigenvalue weighted by molar-refractivity contribution is 0.472. The molecule has 0 bridgehead atoms. The number of rotatable bonds is 4. The summed E-state index contributed by atoms with van der Waals surface area (Å²) >= 11 is 2.20. The van der Waals surface area contributed by atoms with Gasteiger partial charge in [-0.2, -0.15) is 5.10 Å². The summed E-state index contributed by atoms with van der Waals surface area (Å²) in [7, 11) is 0. The molecule has 2 heterocycles. The molecule has 0 radical (unpaired) electrons. The molecule has 0 aromatic carbocycles. The minimum Gasteiger partial charge on any atom is -0.308 e. The zero-order valence-corrected chi connectivity index (χ0v) is 12.7. The van der Waals surface area contributed by atoms with Crippen LogP contribution in [-0.4, -0.2) is 14.3 Å². The first-order valence-corrected chi connectivity index (χ1v) is 7.08. The molecule has 2 rings (SSSR count). The molecule has 5 heteroatoms. The maximum absolute atomic E-state index is 11.7.